The summed E-state index contributed by atoms with van der Waals surface area (Å²) in [7, 11) is -3.27. The third-order valence-electron chi connectivity index (χ3n) is 6.38. The van der Waals surface area contributed by atoms with Crippen molar-refractivity contribution in [3.05, 3.63) is 47.4 Å². The van der Waals surface area contributed by atoms with E-state index in [0.717, 1.165) is 43.2 Å². The zero-order valence-electron chi connectivity index (χ0n) is 18.8. The number of benzene rings is 1. The maximum Gasteiger partial charge on any atom is 0.321 e. The Morgan fingerprint density at radius 2 is 1.91 bits per heavy atom. The zero-order valence-corrected chi connectivity index (χ0v) is 20.3. The van der Waals surface area contributed by atoms with Gasteiger partial charge in [-0.05, 0) is 43.4 Å². The number of nitrogens with one attached hydrogen (secondary N) is 3. The van der Waals surface area contributed by atoms with Crippen LogP contribution in [0.5, 0.6) is 0 Å². The highest BCUT2D eigenvalue weighted by Crippen LogP contribution is 2.43. The van der Waals surface area contributed by atoms with Gasteiger partial charge in [-0.15, -0.1) is 0 Å². The van der Waals surface area contributed by atoms with E-state index in [1.54, 1.807) is 4.90 Å². The molecule has 4 rings (SSSR count). The van der Waals surface area contributed by atoms with Crippen LogP contribution < -0.4 is 20.3 Å². The normalized spacial score (nSPS) is 19.9. The predicted octanol–water partition coefficient (Wildman–Crippen LogP) is 2.42. The number of halogens is 1. The number of carbonyl (C=O) groups excluding carboxylic acids is 2. The number of urea groups is 1. The van der Waals surface area contributed by atoms with Crippen LogP contribution in [0.25, 0.3) is 0 Å². The van der Waals surface area contributed by atoms with Crippen molar-refractivity contribution in [1.29, 1.82) is 0 Å². The van der Waals surface area contributed by atoms with Crippen LogP contribution in [0.3, 0.4) is 0 Å². The van der Waals surface area contributed by atoms with E-state index in [1.165, 1.54) is 12.4 Å². The maximum atomic E-state index is 13.1. The molecule has 1 atom stereocenters. The first-order chi connectivity index (χ1) is 16.2. The van der Waals surface area contributed by atoms with Crippen LogP contribution in [0.15, 0.2) is 36.7 Å². The molecule has 1 saturated carbocycles. The van der Waals surface area contributed by atoms with Gasteiger partial charge in [-0.25, -0.2) is 27.9 Å². The number of hydrogen-bond donors (Lipinski definition) is 3. The lowest BCUT2D eigenvalue weighted by Gasteiger charge is -2.42. The largest absolute Gasteiger partial charge is 0.326 e. The van der Waals surface area contributed by atoms with Crippen molar-refractivity contribution in [2.75, 3.05) is 29.6 Å². The Labute approximate surface area is 203 Å². The third-order valence-corrected chi connectivity index (χ3v) is 7.24. The minimum absolute atomic E-state index is 0.187. The van der Waals surface area contributed by atoms with Gasteiger partial charge in [-0.3, -0.25) is 10.1 Å². The average molecular weight is 507 g/mol. The van der Waals surface area contributed by atoms with Crippen LogP contribution in [-0.2, 0) is 20.2 Å². The van der Waals surface area contributed by atoms with E-state index < -0.39 is 22.1 Å². The Balaban J connectivity index is 1.40. The zero-order chi connectivity index (χ0) is 24.3. The summed E-state index contributed by atoms with van der Waals surface area (Å²) in [6.45, 7) is 0.925. The molecule has 182 valence electrons. The van der Waals surface area contributed by atoms with E-state index in [2.05, 4.69) is 25.3 Å². The van der Waals surface area contributed by atoms with Crippen molar-refractivity contribution in [1.82, 2.24) is 20.0 Å². The Morgan fingerprint density at radius 3 is 2.50 bits per heavy atom. The van der Waals surface area contributed by atoms with E-state index in [1.807, 2.05) is 24.3 Å². The lowest BCUT2D eigenvalue weighted by atomic mass is 9.64. The topological polar surface area (TPSA) is 133 Å². The van der Waals surface area contributed by atoms with Crippen LogP contribution in [0, 0.1) is 0 Å². The molecule has 0 radical (unpaired) electrons. The second-order valence-electron chi connectivity index (χ2n) is 8.78. The molecule has 2 heterocycles. The second kappa shape index (κ2) is 9.85. The summed E-state index contributed by atoms with van der Waals surface area (Å²) in [5.74, 6) is 0.0429. The van der Waals surface area contributed by atoms with Gasteiger partial charge in [0.1, 0.15) is 11.2 Å². The Hall–Kier alpha value is -2.76. The van der Waals surface area contributed by atoms with Crippen molar-refractivity contribution in [3.63, 3.8) is 0 Å². The molecule has 10 nitrogen and oxygen atoms in total. The highest BCUT2D eigenvalue weighted by molar-refractivity contribution is 7.88. The Kier molecular flexibility index (Phi) is 7.06. The van der Waals surface area contributed by atoms with E-state index in [0.29, 0.717) is 19.5 Å². The second-order valence-corrected chi connectivity index (χ2v) is 11.0. The Bertz CT molecular complexity index is 1150. The number of rotatable bonds is 7. The molecule has 3 N–H and O–H groups in total. The minimum Gasteiger partial charge on any atom is -0.326 e. The summed E-state index contributed by atoms with van der Waals surface area (Å²) >= 11 is 5.70. The summed E-state index contributed by atoms with van der Waals surface area (Å²) in [6, 6.07) is 6.51. The van der Waals surface area contributed by atoms with Gasteiger partial charge in [0.15, 0.2) is 5.82 Å². The number of aromatic nitrogens is 2. The fourth-order valence-electron chi connectivity index (χ4n) is 4.39. The molecular formula is C22H27ClN6O4S. The monoisotopic (exact) mass is 506 g/mol. The van der Waals surface area contributed by atoms with Gasteiger partial charge < -0.3 is 10.2 Å². The number of nitrogens with zero attached hydrogens (tertiary/aromatic N) is 3. The van der Waals surface area contributed by atoms with Crippen molar-refractivity contribution in [2.24, 2.45) is 0 Å². The molecule has 2 aromatic rings. The van der Waals surface area contributed by atoms with Gasteiger partial charge in [0, 0.05) is 24.2 Å². The quantitative estimate of drug-likeness (QED) is 0.528. The van der Waals surface area contributed by atoms with Crippen molar-refractivity contribution < 1.29 is 18.0 Å². The molecule has 0 spiro atoms. The molecular weight excluding hydrogens is 480 g/mol. The first-order valence-electron chi connectivity index (χ1n) is 11.1. The first-order valence-corrected chi connectivity index (χ1v) is 13.3. The number of anilines is 2. The molecule has 0 bridgehead atoms. The molecule has 0 unspecified atom stereocenters. The minimum atomic E-state index is -3.27. The Morgan fingerprint density at radius 1 is 1.18 bits per heavy atom. The molecule has 34 heavy (non-hydrogen) atoms. The van der Waals surface area contributed by atoms with Crippen LogP contribution in [-0.4, -0.2) is 55.7 Å². The van der Waals surface area contributed by atoms with Gasteiger partial charge in [0.05, 0.1) is 18.6 Å². The highest BCUT2D eigenvalue weighted by atomic mass is 35.5. The molecule has 2 aliphatic rings. The molecule has 2 fully saturated rings. The smallest absolute Gasteiger partial charge is 0.321 e. The summed E-state index contributed by atoms with van der Waals surface area (Å²) in [5.41, 5.74) is 1.59. The maximum absolute atomic E-state index is 13.1. The van der Waals surface area contributed by atoms with Gasteiger partial charge in [-0.1, -0.05) is 30.2 Å². The van der Waals surface area contributed by atoms with Crippen molar-refractivity contribution in [3.8, 4) is 0 Å². The molecule has 12 heteroatoms. The van der Waals surface area contributed by atoms with E-state index in [4.69, 9.17) is 11.6 Å². The molecule has 1 aliphatic carbocycles. The summed E-state index contributed by atoms with van der Waals surface area (Å²) in [5, 5.41) is 5.47. The molecule has 1 aromatic carbocycles. The molecule has 1 aliphatic heterocycles. The van der Waals surface area contributed by atoms with Gasteiger partial charge in [0.2, 0.25) is 15.9 Å². The summed E-state index contributed by atoms with van der Waals surface area (Å²) in [6.07, 6.45) is 7.97. The standard InChI is InChI=1S/C22H27ClN6O4S/c1-34(32,33)26-14-22(9-3-10-22)15-5-7-16(8-6-15)29-11-2-4-17(20(29)30)27-21(31)28-19-13-24-18(23)12-25-19/h5-8,12-13,17,26H,2-4,9-11,14H2,1H3,(H2,25,27,28,31)/t17-/m1/s1. The number of amides is 3. The van der Waals surface area contributed by atoms with E-state index in [9.17, 15) is 18.0 Å². The lowest BCUT2D eigenvalue weighted by molar-refractivity contribution is -0.121. The predicted molar refractivity (Wildman–Crippen MR) is 129 cm³/mol. The summed E-state index contributed by atoms with van der Waals surface area (Å²) in [4.78, 5) is 34.9. The van der Waals surface area contributed by atoms with Crippen LogP contribution >= 0.6 is 11.6 Å². The van der Waals surface area contributed by atoms with E-state index >= 15 is 0 Å². The highest BCUT2D eigenvalue weighted by Gasteiger charge is 2.39. The molecule has 1 aromatic heterocycles. The number of piperidine rings is 1. The summed E-state index contributed by atoms with van der Waals surface area (Å²) < 4.78 is 25.8. The van der Waals surface area contributed by atoms with Gasteiger partial charge >= 0.3 is 6.03 Å². The third kappa shape index (κ3) is 5.65. The molecule has 3 amide bonds. The number of carbonyl (C=O) groups is 2. The number of sulfonamides is 1. The SMILES string of the molecule is CS(=O)(=O)NCC1(c2ccc(N3CCC[C@@H](NC(=O)Nc4cnc(Cl)cn4)C3=O)cc2)CCC1. The number of hydrogen-bond acceptors (Lipinski definition) is 6. The fourth-order valence-corrected chi connectivity index (χ4v) is 5.02. The van der Waals surface area contributed by atoms with Crippen LogP contribution in [0.2, 0.25) is 5.15 Å². The lowest BCUT2D eigenvalue weighted by Crippen LogP contribution is -2.53. The molecule has 1 saturated heterocycles. The van der Waals surface area contributed by atoms with Gasteiger partial charge in [0.25, 0.3) is 0 Å². The van der Waals surface area contributed by atoms with Crippen LogP contribution in [0.4, 0.5) is 16.3 Å². The van der Waals surface area contributed by atoms with E-state index in [-0.39, 0.29) is 22.3 Å². The van der Waals surface area contributed by atoms with Crippen molar-refractivity contribution >= 4 is 45.1 Å². The van der Waals surface area contributed by atoms with Gasteiger partial charge in [-0.2, -0.15) is 0 Å². The average Bonchev–Trinajstić information content (AvgIpc) is 2.76. The first kappa shape index (κ1) is 24.4. The fraction of sp³-hybridized carbons (Fsp3) is 0.455. The van der Waals surface area contributed by atoms with Crippen molar-refractivity contribution in [2.45, 2.75) is 43.6 Å². The van der Waals surface area contributed by atoms with Crippen LogP contribution in [0.1, 0.15) is 37.7 Å².